The third-order valence-electron chi connectivity index (χ3n) is 3.52. The summed E-state index contributed by atoms with van der Waals surface area (Å²) >= 11 is 0. The molecule has 1 aliphatic rings. The van der Waals surface area contributed by atoms with Crippen LogP contribution in [0.3, 0.4) is 0 Å². The van der Waals surface area contributed by atoms with Gasteiger partial charge in [-0.2, -0.15) is 8.78 Å². The van der Waals surface area contributed by atoms with Crippen LogP contribution in [0.25, 0.3) is 0 Å². The van der Waals surface area contributed by atoms with E-state index in [-0.39, 0.29) is 10.6 Å². The highest BCUT2D eigenvalue weighted by molar-refractivity contribution is 7.91. The summed E-state index contributed by atoms with van der Waals surface area (Å²) in [5, 5.41) is 2.96. The van der Waals surface area contributed by atoms with Crippen LogP contribution in [0.4, 0.5) is 14.5 Å². The molecule has 1 aromatic rings. The molecule has 0 spiro atoms. The number of anilines is 1. The van der Waals surface area contributed by atoms with Gasteiger partial charge in [0.15, 0.2) is 0 Å². The van der Waals surface area contributed by atoms with Gasteiger partial charge in [-0.1, -0.05) is 31.4 Å². The average molecular weight is 289 g/mol. The van der Waals surface area contributed by atoms with Gasteiger partial charge in [0.05, 0.1) is 10.6 Å². The first-order valence-electron chi connectivity index (χ1n) is 6.37. The topological polar surface area (TPSA) is 46.2 Å². The van der Waals surface area contributed by atoms with E-state index >= 15 is 0 Å². The van der Waals surface area contributed by atoms with Gasteiger partial charge in [0, 0.05) is 6.54 Å². The molecule has 0 radical (unpaired) electrons. The molecule has 106 valence electrons. The summed E-state index contributed by atoms with van der Waals surface area (Å²) < 4.78 is 48.2. The highest BCUT2D eigenvalue weighted by atomic mass is 32.2. The van der Waals surface area contributed by atoms with E-state index in [9.17, 15) is 17.2 Å². The molecule has 6 heteroatoms. The van der Waals surface area contributed by atoms with Gasteiger partial charge in [-0.3, -0.25) is 0 Å². The molecule has 1 N–H and O–H groups in total. The number of para-hydroxylation sites is 1. The van der Waals surface area contributed by atoms with Crippen molar-refractivity contribution in [3.63, 3.8) is 0 Å². The second-order valence-electron chi connectivity index (χ2n) is 4.81. The van der Waals surface area contributed by atoms with Crippen molar-refractivity contribution in [2.75, 3.05) is 11.9 Å². The van der Waals surface area contributed by atoms with Crippen LogP contribution in [0.2, 0.25) is 0 Å². The lowest BCUT2D eigenvalue weighted by Crippen LogP contribution is -2.18. The molecule has 1 aliphatic carbocycles. The second kappa shape index (κ2) is 5.86. The Balaban J connectivity index is 2.07. The number of sulfone groups is 1. The van der Waals surface area contributed by atoms with E-state index in [1.165, 1.54) is 37.5 Å². The molecule has 0 saturated heterocycles. The summed E-state index contributed by atoms with van der Waals surface area (Å²) in [7, 11) is -4.55. The SMILES string of the molecule is O=S(=O)(c1ccccc1NCCC1CCC1)C(F)F. The normalized spacial score (nSPS) is 16.4. The van der Waals surface area contributed by atoms with Gasteiger partial charge in [-0.15, -0.1) is 0 Å². The minimum absolute atomic E-state index is 0.266. The van der Waals surface area contributed by atoms with Gasteiger partial charge in [-0.05, 0) is 24.5 Å². The fourth-order valence-electron chi connectivity index (χ4n) is 2.15. The van der Waals surface area contributed by atoms with Gasteiger partial charge in [0.1, 0.15) is 0 Å². The highest BCUT2D eigenvalue weighted by Crippen LogP contribution is 2.30. The standard InChI is InChI=1S/C13H17F2NO2S/c14-13(15)19(17,18)12-7-2-1-6-11(12)16-9-8-10-4-3-5-10/h1-2,6-7,10,13,16H,3-5,8-9H2. The lowest BCUT2D eigenvalue weighted by molar-refractivity contribution is 0.235. The number of nitrogens with one attached hydrogen (secondary N) is 1. The zero-order chi connectivity index (χ0) is 13.9. The Labute approximate surface area is 111 Å². The first kappa shape index (κ1) is 14.2. The molecule has 0 bridgehead atoms. The number of alkyl halides is 2. The van der Waals surface area contributed by atoms with Gasteiger partial charge in [0.2, 0.25) is 9.84 Å². The molecule has 0 heterocycles. The number of hydrogen-bond donors (Lipinski definition) is 1. The molecule has 0 amide bonds. The Hall–Kier alpha value is -1.17. The van der Waals surface area contributed by atoms with E-state index < -0.39 is 15.6 Å². The van der Waals surface area contributed by atoms with Crippen LogP contribution < -0.4 is 5.32 Å². The predicted molar refractivity (Wildman–Crippen MR) is 70.1 cm³/mol. The van der Waals surface area contributed by atoms with E-state index in [1.807, 2.05) is 0 Å². The fraction of sp³-hybridized carbons (Fsp3) is 0.538. The Kier molecular flexibility index (Phi) is 4.39. The minimum atomic E-state index is -4.55. The second-order valence-corrected chi connectivity index (χ2v) is 6.70. The number of benzene rings is 1. The largest absolute Gasteiger partial charge is 0.384 e. The van der Waals surface area contributed by atoms with Gasteiger partial charge >= 0.3 is 5.76 Å². The Morgan fingerprint density at radius 2 is 1.95 bits per heavy atom. The van der Waals surface area contributed by atoms with Crippen molar-refractivity contribution in [2.45, 2.75) is 36.3 Å². The molecular formula is C13H17F2NO2S. The first-order chi connectivity index (χ1) is 9.01. The maximum atomic E-state index is 12.6. The smallest absolute Gasteiger partial charge is 0.341 e. The molecule has 0 unspecified atom stereocenters. The summed E-state index contributed by atoms with van der Waals surface area (Å²) in [5.74, 6) is -2.70. The van der Waals surface area contributed by atoms with E-state index in [0.29, 0.717) is 12.5 Å². The van der Waals surface area contributed by atoms with Crippen LogP contribution in [-0.4, -0.2) is 20.7 Å². The molecular weight excluding hydrogens is 272 g/mol. The molecule has 0 aromatic heterocycles. The molecule has 3 nitrogen and oxygen atoms in total. The van der Waals surface area contributed by atoms with E-state index in [4.69, 9.17) is 0 Å². The molecule has 1 saturated carbocycles. The van der Waals surface area contributed by atoms with Crippen LogP contribution in [0, 0.1) is 5.92 Å². The molecule has 1 fully saturated rings. The van der Waals surface area contributed by atoms with Crippen LogP contribution in [0.1, 0.15) is 25.7 Å². The predicted octanol–water partition coefficient (Wildman–Crippen LogP) is 3.29. The molecule has 1 aromatic carbocycles. The van der Waals surface area contributed by atoms with Crippen molar-refractivity contribution >= 4 is 15.5 Å². The lowest BCUT2D eigenvalue weighted by Gasteiger charge is -2.25. The summed E-state index contributed by atoms with van der Waals surface area (Å²) in [6, 6.07) is 5.83. The van der Waals surface area contributed by atoms with E-state index in [0.717, 1.165) is 6.42 Å². The fourth-order valence-corrected chi connectivity index (χ4v) is 3.06. The van der Waals surface area contributed by atoms with E-state index in [1.54, 1.807) is 6.07 Å². The number of hydrogen-bond acceptors (Lipinski definition) is 3. The average Bonchev–Trinajstić information content (AvgIpc) is 2.32. The van der Waals surface area contributed by atoms with Gasteiger partial charge in [-0.25, -0.2) is 8.42 Å². The maximum absolute atomic E-state index is 12.6. The summed E-state index contributed by atoms with van der Waals surface area (Å²) in [6.45, 7) is 0.612. The summed E-state index contributed by atoms with van der Waals surface area (Å²) in [4.78, 5) is -0.321. The van der Waals surface area contributed by atoms with Gasteiger partial charge < -0.3 is 5.32 Å². The zero-order valence-electron chi connectivity index (χ0n) is 10.5. The monoisotopic (exact) mass is 289 g/mol. The summed E-state index contributed by atoms with van der Waals surface area (Å²) in [6.07, 6.45) is 4.61. The molecule has 0 aliphatic heterocycles. The minimum Gasteiger partial charge on any atom is -0.384 e. The van der Waals surface area contributed by atoms with E-state index in [2.05, 4.69) is 5.32 Å². The number of halogens is 2. The van der Waals surface area contributed by atoms with Crippen molar-refractivity contribution in [1.82, 2.24) is 0 Å². The quantitative estimate of drug-likeness (QED) is 0.874. The highest BCUT2D eigenvalue weighted by Gasteiger charge is 2.29. The van der Waals surface area contributed by atoms with Crippen molar-refractivity contribution in [3.05, 3.63) is 24.3 Å². The zero-order valence-corrected chi connectivity index (χ0v) is 11.3. The Morgan fingerprint density at radius 1 is 1.26 bits per heavy atom. The van der Waals surface area contributed by atoms with Crippen LogP contribution in [0.5, 0.6) is 0 Å². The van der Waals surface area contributed by atoms with Gasteiger partial charge in [0.25, 0.3) is 0 Å². The van der Waals surface area contributed by atoms with Crippen molar-refractivity contribution < 1.29 is 17.2 Å². The van der Waals surface area contributed by atoms with Crippen LogP contribution in [0.15, 0.2) is 29.2 Å². The Morgan fingerprint density at radius 3 is 2.53 bits per heavy atom. The molecule has 0 atom stereocenters. The summed E-state index contributed by atoms with van der Waals surface area (Å²) in [5.41, 5.74) is 0.266. The third-order valence-corrected chi connectivity index (χ3v) is 4.96. The maximum Gasteiger partial charge on any atom is 0.341 e. The molecule has 2 rings (SSSR count). The Bertz CT molecular complexity index is 527. The van der Waals surface area contributed by atoms with Crippen molar-refractivity contribution in [3.8, 4) is 0 Å². The van der Waals surface area contributed by atoms with Crippen molar-refractivity contribution in [2.24, 2.45) is 5.92 Å². The molecule has 19 heavy (non-hydrogen) atoms. The lowest BCUT2D eigenvalue weighted by atomic mass is 9.83. The first-order valence-corrected chi connectivity index (χ1v) is 7.91. The third kappa shape index (κ3) is 3.23. The van der Waals surface area contributed by atoms with Crippen molar-refractivity contribution in [1.29, 1.82) is 0 Å². The van der Waals surface area contributed by atoms with Crippen LogP contribution in [-0.2, 0) is 9.84 Å². The number of rotatable bonds is 6. The van der Waals surface area contributed by atoms with Crippen LogP contribution >= 0.6 is 0 Å².